The van der Waals surface area contributed by atoms with Gasteiger partial charge < -0.3 is 15.1 Å². The summed E-state index contributed by atoms with van der Waals surface area (Å²) in [6.07, 6.45) is 5.31. The SMILES string of the molecule is O=C(C1CCC(NC(=O)N(Cc2ccccc2F)C2CC2)CC1)N1CCSCC1. The molecule has 0 atom stereocenters. The second-order valence-corrected chi connectivity index (χ2v) is 9.61. The smallest absolute Gasteiger partial charge is 0.318 e. The van der Waals surface area contributed by atoms with Crippen molar-refractivity contribution in [2.75, 3.05) is 24.6 Å². The normalized spacial score (nSPS) is 24.8. The molecule has 3 fully saturated rings. The fourth-order valence-electron chi connectivity index (χ4n) is 4.35. The van der Waals surface area contributed by atoms with Crippen LogP contribution in [-0.4, -0.2) is 58.4 Å². The molecule has 1 heterocycles. The first kappa shape index (κ1) is 20.5. The third-order valence-electron chi connectivity index (χ3n) is 6.27. The lowest BCUT2D eigenvalue weighted by molar-refractivity contribution is -0.136. The zero-order chi connectivity index (χ0) is 20.2. The number of carbonyl (C=O) groups is 2. The van der Waals surface area contributed by atoms with Crippen LogP contribution < -0.4 is 5.32 Å². The topological polar surface area (TPSA) is 52.7 Å². The van der Waals surface area contributed by atoms with Crippen LogP contribution in [0.25, 0.3) is 0 Å². The van der Waals surface area contributed by atoms with Crippen LogP contribution in [0.5, 0.6) is 0 Å². The predicted octanol–water partition coefficient (Wildman–Crippen LogP) is 3.63. The van der Waals surface area contributed by atoms with Crippen molar-refractivity contribution >= 4 is 23.7 Å². The van der Waals surface area contributed by atoms with E-state index in [-0.39, 0.29) is 29.8 Å². The summed E-state index contributed by atoms with van der Waals surface area (Å²) in [5.74, 6) is 2.21. The molecule has 1 aliphatic heterocycles. The molecule has 158 valence electrons. The maximum absolute atomic E-state index is 14.0. The van der Waals surface area contributed by atoms with Crippen molar-refractivity contribution in [2.24, 2.45) is 5.92 Å². The van der Waals surface area contributed by atoms with E-state index in [4.69, 9.17) is 0 Å². The number of hydrogen-bond acceptors (Lipinski definition) is 3. The summed E-state index contributed by atoms with van der Waals surface area (Å²) in [5, 5.41) is 3.16. The first-order chi connectivity index (χ1) is 14.1. The number of halogens is 1. The van der Waals surface area contributed by atoms with Crippen LogP contribution in [0.1, 0.15) is 44.1 Å². The molecule has 4 rings (SSSR count). The lowest BCUT2D eigenvalue weighted by Gasteiger charge is -2.34. The molecule has 0 spiro atoms. The highest BCUT2D eigenvalue weighted by atomic mass is 32.2. The summed E-state index contributed by atoms with van der Waals surface area (Å²) < 4.78 is 14.0. The van der Waals surface area contributed by atoms with Crippen LogP contribution in [-0.2, 0) is 11.3 Å². The number of nitrogens with zero attached hydrogens (tertiary/aromatic N) is 2. The Morgan fingerprint density at radius 2 is 1.76 bits per heavy atom. The van der Waals surface area contributed by atoms with Crippen molar-refractivity contribution in [2.45, 2.75) is 57.2 Å². The molecular formula is C22H30FN3O2S. The van der Waals surface area contributed by atoms with Gasteiger partial charge in [0.2, 0.25) is 5.91 Å². The number of urea groups is 1. The molecule has 0 unspecified atom stereocenters. The highest BCUT2D eigenvalue weighted by Crippen LogP contribution is 2.30. The molecule has 1 aromatic carbocycles. The van der Waals surface area contributed by atoms with Crippen molar-refractivity contribution in [1.82, 2.24) is 15.1 Å². The van der Waals surface area contributed by atoms with E-state index >= 15 is 0 Å². The Morgan fingerprint density at radius 1 is 1.07 bits per heavy atom. The number of benzene rings is 1. The van der Waals surface area contributed by atoms with Crippen molar-refractivity contribution in [1.29, 1.82) is 0 Å². The van der Waals surface area contributed by atoms with Gasteiger partial charge in [0, 0.05) is 48.2 Å². The molecule has 0 aromatic heterocycles. The Bertz CT molecular complexity index is 729. The maximum atomic E-state index is 14.0. The van der Waals surface area contributed by atoms with Gasteiger partial charge in [-0.3, -0.25) is 4.79 Å². The van der Waals surface area contributed by atoms with Crippen LogP contribution >= 0.6 is 11.8 Å². The van der Waals surface area contributed by atoms with Gasteiger partial charge in [-0.2, -0.15) is 11.8 Å². The second-order valence-electron chi connectivity index (χ2n) is 8.39. The zero-order valence-corrected chi connectivity index (χ0v) is 17.6. The van der Waals surface area contributed by atoms with Gasteiger partial charge in [0.25, 0.3) is 0 Å². The van der Waals surface area contributed by atoms with E-state index in [0.29, 0.717) is 18.0 Å². The molecule has 1 aromatic rings. The Balaban J connectivity index is 1.28. The fourth-order valence-corrected chi connectivity index (χ4v) is 5.25. The van der Waals surface area contributed by atoms with E-state index < -0.39 is 0 Å². The minimum Gasteiger partial charge on any atom is -0.341 e. The van der Waals surface area contributed by atoms with Crippen LogP contribution in [0, 0.1) is 11.7 Å². The molecule has 1 saturated heterocycles. The lowest BCUT2D eigenvalue weighted by atomic mass is 9.85. The summed E-state index contributed by atoms with van der Waals surface area (Å²) in [4.78, 5) is 29.4. The fraction of sp³-hybridized carbons (Fsp3) is 0.636. The van der Waals surface area contributed by atoms with Gasteiger partial charge in [-0.05, 0) is 44.6 Å². The van der Waals surface area contributed by atoms with E-state index in [9.17, 15) is 14.0 Å². The third kappa shape index (κ3) is 5.24. The van der Waals surface area contributed by atoms with Gasteiger partial charge in [0.05, 0.1) is 6.54 Å². The number of amides is 3. The average Bonchev–Trinajstić information content (AvgIpc) is 3.59. The molecule has 2 saturated carbocycles. The summed E-state index contributed by atoms with van der Waals surface area (Å²) in [6.45, 7) is 2.04. The number of rotatable bonds is 5. The quantitative estimate of drug-likeness (QED) is 0.793. The van der Waals surface area contributed by atoms with E-state index in [0.717, 1.165) is 63.1 Å². The molecule has 0 radical (unpaired) electrons. The minimum absolute atomic E-state index is 0.0985. The Hall–Kier alpha value is -1.76. The minimum atomic E-state index is -0.263. The maximum Gasteiger partial charge on any atom is 0.318 e. The standard InChI is InChI=1S/C22H30FN3O2S/c23-20-4-2-1-3-17(20)15-26(19-9-10-19)22(28)24-18-7-5-16(6-8-18)21(27)25-11-13-29-14-12-25/h1-4,16,18-19H,5-15H2,(H,24,28). The van der Waals surface area contributed by atoms with Crippen molar-refractivity contribution in [3.8, 4) is 0 Å². The number of hydrogen-bond donors (Lipinski definition) is 1. The Labute approximate surface area is 176 Å². The molecule has 3 aliphatic rings. The van der Waals surface area contributed by atoms with E-state index in [1.165, 1.54) is 6.07 Å². The van der Waals surface area contributed by atoms with Gasteiger partial charge in [0.1, 0.15) is 5.82 Å². The van der Waals surface area contributed by atoms with Gasteiger partial charge in [-0.15, -0.1) is 0 Å². The summed E-state index contributed by atoms with van der Waals surface area (Å²) in [6, 6.07) is 6.88. The highest BCUT2D eigenvalue weighted by Gasteiger charge is 2.35. The molecule has 3 amide bonds. The van der Waals surface area contributed by atoms with Crippen LogP contribution in [0.4, 0.5) is 9.18 Å². The molecule has 29 heavy (non-hydrogen) atoms. The second kappa shape index (κ2) is 9.37. The summed E-state index contributed by atoms with van der Waals surface area (Å²) >= 11 is 1.91. The van der Waals surface area contributed by atoms with Gasteiger partial charge in [-0.25, -0.2) is 9.18 Å². The molecule has 0 bridgehead atoms. The van der Waals surface area contributed by atoms with E-state index in [1.807, 2.05) is 16.7 Å². The molecular weight excluding hydrogens is 389 g/mol. The Kier molecular flexibility index (Phi) is 6.63. The average molecular weight is 420 g/mol. The van der Waals surface area contributed by atoms with Crippen LogP contribution in [0.3, 0.4) is 0 Å². The Morgan fingerprint density at radius 3 is 2.41 bits per heavy atom. The summed E-state index contributed by atoms with van der Waals surface area (Å²) in [5.41, 5.74) is 0.559. The van der Waals surface area contributed by atoms with E-state index in [2.05, 4.69) is 5.32 Å². The van der Waals surface area contributed by atoms with Crippen LogP contribution in [0.2, 0.25) is 0 Å². The van der Waals surface area contributed by atoms with Gasteiger partial charge >= 0.3 is 6.03 Å². The number of carbonyl (C=O) groups excluding carboxylic acids is 2. The molecule has 5 nitrogen and oxygen atoms in total. The summed E-state index contributed by atoms with van der Waals surface area (Å²) in [7, 11) is 0. The van der Waals surface area contributed by atoms with Crippen LogP contribution in [0.15, 0.2) is 24.3 Å². The first-order valence-corrected chi connectivity index (χ1v) is 11.9. The zero-order valence-electron chi connectivity index (χ0n) is 16.8. The van der Waals surface area contributed by atoms with Crippen molar-refractivity contribution in [3.05, 3.63) is 35.6 Å². The van der Waals surface area contributed by atoms with Gasteiger partial charge in [0.15, 0.2) is 0 Å². The monoisotopic (exact) mass is 419 g/mol. The van der Waals surface area contributed by atoms with Gasteiger partial charge in [-0.1, -0.05) is 18.2 Å². The largest absolute Gasteiger partial charge is 0.341 e. The molecule has 1 N–H and O–H groups in total. The number of nitrogens with one attached hydrogen (secondary N) is 1. The lowest BCUT2D eigenvalue weighted by Crippen LogP contribution is -2.48. The van der Waals surface area contributed by atoms with Crippen molar-refractivity contribution < 1.29 is 14.0 Å². The van der Waals surface area contributed by atoms with E-state index in [1.54, 1.807) is 23.1 Å². The third-order valence-corrected chi connectivity index (χ3v) is 7.22. The predicted molar refractivity (Wildman–Crippen MR) is 113 cm³/mol. The molecule has 7 heteroatoms. The highest BCUT2D eigenvalue weighted by molar-refractivity contribution is 7.99. The first-order valence-electron chi connectivity index (χ1n) is 10.8. The van der Waals surface area contributed by atoms with Crippen molar-refractivity contribution in [3.63, 3.8) is 0 Å². The number of thioether (sulfide) groups is 1. The molecule has 2 aliphatic carbocycles.